The summed E-state index contributed by atoms with van der Waals surface area (Å²) in [7, 11) is -6.49. The van der Waals surface area contributed by atoms with Crippen molar-refractivity contribution < 1.29 is 53.9 Å². The lowest BCUT2D eigenvalue weighted by Crippen LogP contribution is -2.52. The van der Waals surface area contributed by atoms with Crippen molar-refractivity contribution >= 4 is 16.1 Å². The normalized spacial score (nSPS) is 18.9. The van der Waals surface area contributed by atoms with Gasteiger partial charge >= 0.3 is 27.5 Å². The van der Waals surface area contributed by atoms with E-state index in [1.54, 1.807) is 0 Å². The van der Waals surface area contributed by atoms with Crippen LogP contribution in [-0.4, -0.2) is 55.8 Å². The van der Waals surface area contributed by atoms with Crippen molar-refractivity contribution in [2.45, 2.75) is 23.6 Å². The lowest BCUT2D eigenvalue weighted by molar-refractivity contribution is -0.248. The Morgan fingerprint density at radius 2 is 1.77 bits per heavy atom. The second-order valence-corrected chi connectivity index (χ2v) is 6.65. The van der Waals surface area contributed by atoms with Crippen LogP contribution in [-0.2, 0) is 19.6 Å². The van der Waals surface area contributed by atoms with Crippen molar-refractivity contribution in [3.63, 3.8) is 0 Å². The van der Waals surface area contributed by atoms with Gasteiger partial charge in [0.2, 0.25) is 0 Å². The van der Waals surface area contributed by atoms with Gasteiger partial charge in [0.1, 0.15) is 18.5 Å². The molecule has 0 bridgehead atoms. The predicted octanol–water partition coefficient (Wildman–Crippen LogP) is 2.03. The molecule has 1 fully saturated rings. The zero-order chi connectivity index (χ0) is 19.8. The van der Waals surface area contributed by atoms with Crippen LogP contribution in [0.2, 0.25) is 0 Å². The van der Waals surface area contributed by atoms with Crippen molar-refractivity contribution in [3.05, 3.63) is 29.8 Å². The first kappa shape index (κ1) is 20.3. The lowest BCUT2D eigenvalue weighted by Gasteiger charge is -2.26. The molecule has 1 saturated heterocycles. The van der Waals surface area contributed by atoms with Crippen molar-refractivity contribution in [1.82, 2.24) is 0 Å². The van der Waals surface area contributed by atoms with E-state index in [-0.39, 0.29) is 18.5 Å². The third-order valence-corrected chi connectivity index (χ3v) is 4.00. The summed E-state index contributed by atoms with van der Waals surface area (Å²) >= 11 is 0. The molecule has 0 aromatic heterocycles. The molecule has 0 aliphatic carbocycles. The summed E-state index contributed by atoms with van der Waals surface area (Å²) in [4.78, 5) is 11.7. The summed E-state index contributed by atoms with van der Waals surface area (Å²) in [6.45, 7) is 0.728. The highest BCUT2D eigenvalue weighted by Crippen LogP contribution is 2.38. The topological polar surface area (TPSA) is 102 Å². The molecule has 1 aliphatic rings. The number of esters is 1. The van der Waals surface area contributed by atoms with Gasteiger partial charge in [0.25, 0.3) is 6.10 Å². The van der Waals surface area contributed by atoms with E-state index in [0.717, 1.165) is 12.1 Å². The van der Waals surface area contributed by atoms with E-state index in [1.807, 2.05) is 0 Å². The van der Waals surface area contributed by atoms with Crippen LogP contribution in [0.3, 0.4) is 0 Å². The Morgan fingerprint density at radius 1 is 1.23 bits per heavy atom. The minimum atomic E-state index is -6.49. The van der Waals surface area contributed by atoms with Gasteiger partial charge in [-0.2, -0.15) is 30.4 Å². The molecule has 7 nitrogen and oxygen atoms in total. The molecule has 1 aromatic carbocycles. The number of ether oxygens (including phenoxy) is 3. The molecule has 0 spiro atoms. The first-order valence-electron chi connectivity index (χ1n) is 6.79. The molecule has 146 valence electrons. The van der Waals surface area contributed by atoms with E-state index in [0.29, 0.717) is 6.61 Å². The largest absolute Gasteiger partial charge is 0.491 e. The summed E-state index contributed by atoms with van der Waals surface area (Å²) in [6.07, 6.45) is -10.4. The fourth-order valence-electron chi connectivity index (χ4n) is 1.68. The zero-order valence-corrected chi connectivity index (χ0v) is 13.4. The quantitative estimate of drug-likeness (QED) is 0.320. The SMILES string of the molecule is O=C(OC(C(F)(F)F)C(F)(F)S(=O)(=O)O)c1ccc(OCC2CO2)cc1. The maximum Gasteiger partial charge on any atom is 0.432 e. The molecule has 1 heterocycles. The van der Waals surface area contributed by atoms with Crippen LogP contribution in [0.1, 0.15) is 10.4 Å². The minimum absolute atomic E-state index is 0.0742. The highest BCUT2D eigenvalue weighted by molar-refractivity contribution is 7.86. The van der Waals surface area contributed by atoms with Gasteiger partial charge in [-0.3, -0.25) is 4.55 Å². The number of hydrogen-bond acceptors (Lipinski definition) is 6. The van der Waals surface area contributed by atoms with E-state index >= 15 is 0 Å². The Bertz CT molecular complexity index is 756. The van der Waals surface area contributed by atoms with Gasteiger partial charge in [-0.05, 0) is 24.3 Å². The number of carbonyl (C=O) groups is 1. The average Bonchev–Trinajstić information content (AvgIpc) is 3.32. The minimum Gasteiger partial charge on any atom is -0.491 e. The van der Waals surface area contributed by atoms with Gasteiger partial charge in [0.05, 0.1) is 12.2 Å². The number of benzene rings is 1. The Labute approximate surface area is 143 Å². The molecule has 1 aliphatic heterocycles. The van der Waals surface area contributed by atoms with Gasteiger partial charge in [-0.15, -0.1) is 0 Å². The zero-order valence-electron chi connectivity index (χ0n) is 12.6. The summed E-state index contributed by atoms with van der Waals surface area (Å²) in [5, 5.41) is -5.78. The maximum absolute atomic E-state index is 13.3. The van der Waals surface area contributed by atoms with E-state index in [2.05, 4.69) is 4.74 Å². The van der Waals surface area contributed by atoms with Crippen LogP contribution in [0.15, 0.2) is 24.3 Å². The second kappa shape index (κ2) is 6.96. The maximum atomic E-state index is 13.3. The first-order valence-corrected chi connectivity index (χ1v) is 8.23. The van der Waals surface area contributed by atoms with E-state index in [4.69, 9.17) is 14.0 Å². The molecule has 0 amide bonds. The summed E-state index contributed by atoms with van der Waals surface area (Å²) in [5.74, 6) is -1.64. The second-order valence-electron chi connectivity index (χ2n) is 5.15. The van der Waals surface area contributed by atoms with E-state index in [1.165, 1.54) is 12.1 Å². The van der Waals surface area contributed by atoms with Crippen LogP contribution in [0, 0.1) is 0 Å². The smallest absolute Gasteiger partial charge is 0.432 e. The summed E-state index contributed by atoms with van der Waals surface area (Å²) in [5.41, 5.74) is -0.569. The molecule has 0 saturated carbocycles. The van der Waals surface area contributed by atoms with Crippen molar-refractivity contribution in [2.75, 3.05) is 13.2 Å². The Hall–Kier alpha value is -1.99. The first-order chi connectivity index (χ1) is 11.8. The summed E-state index contributed by atoms with van der Waals surface area (Å²) in [6, 6.07) is 4.21. The molecule has 1 aromatic rings. The fourth-order valence-corrected chi connectivity index (χ4v) is 2.13. The summed E-state index contributed by atoms with van der Waals surface area (Å²) < 4.78 is 108. The standard InChI is InChI=1S/C13H11F5O7S/c14-12(15,16)11(13(17,18)26(20,21)22)25-10(19)7-1-3-8(4-2-7)23-5-9-6-24-9/h1-4,9,11H,5-6H2,(H,20,21,22). The van der Waals surface area contributed by atoms with Crippen LogP contribution in [0.5, 0.6) is 5.75 Å². The highest BCUT2D eigenvalue weighted by Gasteiger charge is 2.66. The van der Waals surface area contributed by atoms with Crippen LogP contribution >= 0.6 is 0 Å². The fraction of sp³-hybridized carbons (Fsp3) is 0.462. The van der Waals surface area contributed by atoms with Gasteiger partial charge in [-0.25, -0.2) is 4.79 Å². The monoisotopic (exact) mass is 406 g/mol. The number of epoxide rings is 1. The molecule has 1 N–H and O–H groups in total. The van der Waals surface area contributed by atoms with Crippen LogP contribution < -0.4 is 4.74 Å². The molecule has 26 heavy (non-hydrogen) atoms. The lowest BCUT2D eigenvalue weighted by atomic mass is 10.2. The molecular weight excluding hydrogens is 395 g/mol. The Morgan fingerprint density at radius 3 is 2.19 bits per heavy atom. The average molecular weight is 406 g/mol. The number of halogens is 5. The number of hydrogen-bond donors (Lipinski definition) is 1. The van der Waals surface area contributed by atoms with Gasteiger partial charge in [0.15, 0.2) is 0 Å². The van der Waals surface area contributed by atoms with Crippen molar-refractivity contribution in [3.8, 4) is 5.75 Å². The van der Waals surface area contributed by atoms with Gasteiger partial charge in [-0.1, -0.05) is 0 Å². The van der Waals surface area contributed by atoms with Crippen LogP contribution in [0.4, 0.5) is 22.0 Å². The van der Waals surface area contributed by atoms with E-state index < -0.39 is 39.2 Å². The number of alkyl halides is 5. The molecular formula is C13H11F5O7S. The number of rotatable bonds is 7. The molecule has 2 rings (SSSR count). The Kier molecular flexibility index (Phi) is 5.44. The van der Waals surface area contributed by atoms with Gasteiger partial charge in [0, 0.05) is 0 Å². The molecule has 2 atom stereocenters. The molecule has 2 unspecified atom stereocenters. The number of carbonyl (C=O) groups excluding carboxylic acids is 1. The molecule has 13 heteroatoms. The third-order valence-electron chi connectivity index (χ3n) is 3.10. The molecule has 0 radical (unpaired) electrons. The predicted molar refractivity (Wildman–Crippen MR) is 73.4 cm³/mol. The Balaban J connectivity index is 2.13. The third kappa shape index (κ3) is 4.80. The highest BCUT2D eigenvalue weighted by atomic mass is 32.2. The van der Waals surface area contributed by atoms with E-state index in [9.17, 15) is 35.2 Å². The van der Waals surface area contributed by atoms with Gasteiger partial charge < -0.3 is 14.2 Å². The van der Waals surface area contributed by atoms with Crippen molar-refractivity contribution in [2.24, 2.45) is 0 Å². The van der Waals surface area contributed by atoms with Crippen molar-refractivity contribution in [1.29, 1.82) is 0 Å². The van der Waals surface area contributed by atoms with Crippen LogP contribution in [0.25, 0.3) is 0 Å².